The molecule has 33 heavy (non-hydrogen) atoms. The first kappa shape index (κ1) is 21.2. The SMILES string of the molecule is Cc1ccc(-n2cc(-c3cccs3)nc2C(=O)NC2=NCC(=S)N2Cc2ccccc2)cc1. The molecule has 3 heterocycles. The number of nitrogens with one attached hydrogen (secondary N) is 1. The summed E-state index contributed by atoms with van der Waals surface area (Å²) in [6, 6.07) is 21.9. The maximum absolute atomic E-state index is 13.4. The molecule has 0 radical (unpaired) electrons. The molecule has 1 aliphatic heterocycles. The van der Waals surface area contributed by atoms with Crippen LogP contribution in [0.5, 0.6) is 0 Å². The molecule has 0 atom stereocenters. The van der Waals surface area contributed by atoms with Gasteiger partial charge in [0.2, 0.25) is 11.8 Å². The van der Waals surface area contributed by atoms with E-state index in [1.807, 2.05) is 94.7 Å². The molecule has 1 amide bonds. The molecule has 6 nitrogen and oxygen atoms in total. The van der Waals surface area contributed by atoms with Gasteiger partial charge in [0.05, 0.1) is 23.7 Å². The van der Waals surface area contributed by atoms with Crippen LogP contribution in [0.15, 0.2) is 83.3 Å². The van der Waals surface area contributed by atoms with Crippen molar-refractivity contribution in [3.05, 3.63) is 95.3 Å². The van der Waals surface area contributed by atoms with E-state index in [1.54, 1.807) is 11.3 Å². The third-order valence-corrected chi connectivity index (χ3v) is 6.57. The van der Waals surface area contributed by atoms with Gasteiger partial charge in [-0.15, -0.1) is 11.3 Å². The van der Waals surface area contributed by atoms with Crippen molar-refractivity contribution in [2.24, 2.45) is 4.99 Å². The van der Waals surface area contributed by atoms with Crippen molar-refractivity contribution in [2.75, 3.05) is 6.54 Å². The first-order valence-electron chi connectivity index (χ1n) is 10.5. The lowest BCUT2D eigenvalue weighted by Gasteiger charge is -2.20. The van der Waals surface area contributed by atoms with Gasteiger partial charge in [-0.05, 0) is 36.1 Å². The molecule has 0 saturated heterocycles. The molecule has 1 N–H and O–H groups in total. The second-order valence-corrected chi connectivity index (χ2v) is 9.11. The highest BCUT2D eigenvalue weighted by molar-refractivity contribution is 7.80. The fraction of sp³-hybridized carbons (Fsp3) is 0.120. The van der Waals surface area contributed by atoms with Crippen LogP contribution in [-0.4, -0.2) is 37.9 Å². The number of thiophene rings is 1. The summed E-state index contributed by atoms with van der Waals surface area (Å²) in [6.45, 7) is 2.96. The number of hydrogen-bond donors (Lipinski definition) is 1. The number of thiocarbonyl (C=S) groups is 1. The summed E-state index contributed by atoms with van der Waals surface area (Å²) in [5, 5.41) is 4.94. The lowest BCUT2D eigenvalue weighted by atomic mass is 10.2. The molecule has 0 spiro atoms. The number of amides is 1. The molecule has 2 aromatic heterocycles. The van der Waals surface area contributed by atoms with Crippen LogP contribution in [0.3, 0.4) is 0 Å². The average molecular weight is 472 g/mol. The topological polar surface area (TPSA) is 62.5 Å². The molecule has 164 valence electrons. The molecule has 0 saturated carbocycles. The molecular weight excluding hydrogens is 450 g/mol. The van der Waals surface area contributed by atoms with Crippen molar-refractivity contribution >= 4 is 40.4 Å². The standard InChI is InChI=1S/C25H21N5OS2/c1-17-9-11-19(12-10-17)29-16-20(21-8-5-13-33-21)27-23(29)24(31)28-25-26-14-22(32)30(25)15-18-6-3-2-4-7-18/h2-13,16H,14-15H2,1H3,(H,26,28,31). The third kappa shape index (κ3) is 4.48. The highest BCUT2D eigenvalue weighted by atomic mass is 32.1. The number of aryl methyl sites for hydroxylation is 1. The number of hydrogen-bond acceptors (Lipinski definition) is 5. The molecule has 0 fully saturated rings. The number of rotatable bonds is 5. The normalized spacial score (nSPS) is 13.3. The van der Waals surface area contributed by atoms with Crippen molar-refractivity contribution in [1.29, 1.82) is 0 Å². The Bertz CT molecular complexity index is 1330. The average Bonchev–Trinajstić information content (AvgIpc) is 3.57. The van der Waals surface area contributed by atoms with Crippen LogP contribution in [0.1, 0.15) is 21.7 Å². The molecule has 0 aliphatic carbocycles. The van der Waals surface area contributed by atoms with Crippen molar-refractivity contribution in [3.63, 3.8) is 0 Å². The van der Waals surface area contributed by atoms with E-state index < -0.39 is 0 Å². The Morgan fingerprint density at radius 1 is 1.09 bits per heavy atom. The van der Waals surface area contributed by atoms with Gasteiger partial charge in [0.1, 0.15) is 4.99 Å². The van der Waals surface area contributed by atoms with Crippen molar-refractivity contribution in [3.8, 4) is 16.3 Å². The van der Waals surface area contributed by atoms with Crippen LogP contribution < -0.4 is 5.32 Å². The quantitative estimate of drug-likeness (QED) is 0.423. The molecule has 0 unspecified atom stereocenters. The second-order valence-electron chi connectivity index (χ2n) is 7.69. The number of carbonyl (C=O) groups excluding carboxylic acids is 1. The monoisotopic (exact) mass is 471 g/mol. The predicted octanol–water partition coefficient (Wildman–Crippen LogP) is 4.84. The zero-order chi connectivity index (χ0) is 22.8. The van der Waals surface area contributed by atoms with Gasteiger partial charge >= 0.3 is 0 Å². The smallest absolute Gasteiger partial charge is 0.294 e. The summed E-state index contributed by atoms with van der Waals surface area (Å²) < 4.78 is 1.82. The molecule has 1 aliphatic rings. The minimum absolute atomic E-state index is 0.294. The van der Waals surface area contributed by atoms with Gasteiger partial charge in [-0.3, -0.25) is 14.7 Å². The van der Waals surface area contributed by atoms with Gasteiger partial charge in [-0.1, -0.05) is 66.3 Å². The van der Waals surface area contributed by atoms with Crippen LogP contribution in [0.2, 0.25) is 0 Å². The molecule has 2 aromatic carbocycles. The van der Waals surface area contributed by atoms with E-state index in [2.05, 4.69) is 15.3 Å². The Morgan fingerprint density at radius 3 is 2.61 bits per heavy atom. The van der Waals surface area contributed by atoms with Crippen LogP contribution in [0.4, 0.5) is 0 Å². The molecule has 4 aromatic rings. The second kappa shape index (κ2) is 9.09. The van der Waals surface area contributed by atoms with Crippen molar-refractivity contribution in [1.82, 2.24) is 19.8 Å². The van der Waals surface area contributed by atoms with Gasteiger partial charge in [0, 0.05) is 11.9 Å². The highest BCUT2D eigenvalue weighted by Crippen LogP contribution is 2.26. The first-order chi connectivity index (χ1) is 16.1. The van der Waals surface area contributed by atoms with Crippen molar-refractivity contribution in [2.45, 2.75) is 13.5 Å². The number of carbonyl (C=O) groups is 1. The van der Waals surface area contributed by atoms with Crippen LogP contribution in [-0.2, 0) is 6.54 Å². The lowest BCUT2D eigenvalue weighted by molar-refractivity contribution is 0.0962. The zero-order valence-corrected chi connectivity index (χ0v) is 19.6. The molecular formula is C25H21N5OS2. The zero-order valence-electron chi connectivity index (χ0n) is 17.9. The summed E-state index contributed by atoms with van der Waals surface area (Å²) in [7, 11) is 0. The van der Waals surface area contributed by atoms with Crippen LogP contribution in [0.25, 0.3) is 16.3 Å². The van der Waals surface area contributed by atoms with E-state index >= 15 is 0 Å². The van der Waals surface area contributed by atoms with Crippen LogP contribution >= 0.6 is 23.6 Å². The lowest BCUT2D eigenvalue weighted by Crippen LogP contribution is -2.43. The fourth-order valence-corrected chi connectivity index (χ4v) is 4.51. The molecule has 5 rings (SSSR count). The summed E-state index contributed by atoms with van der Waals surface area (Å²) in [4.78, 5) is 26.1. The van der Waals surface area contributed by atoms with Gasteiger partial charge in [0.15, 0.2) is 0 Å². The van der Waals surface area contributed by atoms with E-state index in [9.17, 15) is 4.79 Å². The van der Waals surface area contributed by atoms with Crippen LogP contribution in [0, 0.1) is 6.92 Å². The van der Waals surface area contributed by atoms with E-state index in [0.717, 1.165) is 27.4 Å². The highest BCUT2D eigenvalue weighted by Gasteiger charge is 2.27. The first-order valence-corrected chi connectivity index (χ1v) is 11.8. The number of aromatic nitrogens is 2. The Hall–Kier alpha value is -3.62. The largest absolute Gasteiger partial charge is 0.300 e. The maximum Gasteiger partial charge on any atom is 0.294 e. The third-order valence-electron chi connectivity index (χ3n) is 5.32. The van der Waals surface area contributed by atoms with Gasteiger partial charge in [-0.2, -0.15) is 0 Å². The van der Waals surface area contributed by atoms with E-state index in [1.165, 1.54) is 0 Å². The Labute approximate surface area is 201 Å². The fourth-order valence-electron chi connectivity index (χ4n) is 3.61. The van der Waals surface area contributed by atoms with Gasteiger partial charge < -0.3 is 4.90 Å². The minimum atomic E-state index is -0.333. The Kier molecular flexibility index (Phi) is 5.85. The van der Waals surface area contributed by atoms with Gasteiger partial charge in [-0.25, -0.2) is 9.98 Å². The molecule has 0 bridgehead atoms. The summed E-state index contributed by atoms with van der Waals surface area (Å²) in [5.41, 5.74) is 3.85. The number of nitrogens with zero attached hydrogens (tertiary/aromatic N) is 4. The maximum atomic E-state index is 13.4. The Morgan fingerprint density at radius 2 is 1.88 bits per heavy atom. The summed E-state index contributed by atoms with van der Waals surface area (Å²) in [6.07, 6.45) is 1.90. The summed E-state index contributed by atoms with van der Waals surface area (Å²) >= 11 is 7.09. The van der Waals surface area contributed by atoms with E-state index in [0.29, 0.717) is 29.9 Å². The molecule has 8 heteroatoms. The Balaban J connectivity index is 1.45. The van der Waals surface area contributed by atoms with E-state index in [-0.39, 0.29) is 5.91 Å². The number of imidazole rings is 1. The van der Waals surface area contributed by atoms with Gasteiger partial charge in [0.25, 0.3) is 5.91 Å². The predicted molar refractivity (Wildman–Crippen MR) is 136 cm³/mol. The summed E-state index contributed by atoms with van der Waals surface area (Å²) in [5.74, 6) is 0.410. The number of guanidine groups is 1. The van der Waals surface area contributed by atoms with E-state index in [4.69, 9.17) is 12.2 Å². The number of benzene rings is 2. The minimum Gasteiger partial charge on any atom is -0.300 e. The van der Waals surface area contributed by atoms with Crippen molar-refractivity contribution < 1.29 is 4.79 Å². The number of aliphatic imine (C=N–C) groups is 1.